The van der Waals surface area contributed by atoms with Crippen LogP contribution in [0.15, 0.2) is 40.9 Å². The highest BCUT2D eigenvalue weighted by Gasteiger charge is 2.22. The number of anilines is 1. The van der Waals surface area contributed by atoms with E-state index in [9.17, 15) is 4.79 Å². The average Bonchev–Trinajstić information content (AvgIpc) is 3.39. The third-order valence-electron chi connectivity index (χ3n) is 5.21. The Hall–Kier alpha value is -3.00. The van der Waals surface area contributed by atoms with Gasteiger partial charge in [-0.05, 0) is 31.2 Å². The largest absolute Gasteiger partial charge is 0.496 e. The van der Waals surface area contributed by atoms with Gasteiger partial charge in [0.25, 0.3) is 0 Å². The van der Waals surface area contributed by atoms with Crippen molar-refractivity contribution in [3.05, 3.63) is 52.2 Å². The van der Waals surface area contributed by atoms with Crippen molar-refractivity contribution >= 4 is 23.1 Å². The minimum atomic E-state index is -0.00526. The Balaban J connectivity index is 1.36. The number of benzene rings is 1. The molecule has 0 atom stereocenters. The first kappa shape index (κ1) is 20.3. The van der Waals surface area contributed by atoms with E-state index in [-0.39, 0.29) is 6.03 Å². The maximum absolute atomic E-state index is 12.5. The maximum atomic E-state index is 12.5. The Morgan fingerprint density at radius 3 is 2.63 bits per heavy atom. The summed E-state index contributed by atoms with van der Waals surface area (Å²) in [6, 6.07) is 10.2. The molecule has 1 aliphatic heterocycles. The van der Waals surface area contributed by atoms with Crippen LogP contribution in [-0.2, 0) is 6.54 Å². The van der Waals surface area contributed by atoms with Gasteiger partial charge >= 0.3 is 6.03 Å². The average molecular weight is 427 g/mol. The van der Waals surface area contributed by atoms with Crippen LogP contribution >= 0.6 is 11.3 Å². The highest BCUT2D eigenvalue weighted by molar-refractivity contribution is 7.11. The lowest BCUT2D eigenvalue weighted by Crippen LogP contribution is -2.51. The number of carbonyl (C=O) groups is 1. The van der Waals surface area contributed by atoms with Crippen LogP contribution in [-0.4, -0.2) is 49.2 Å². The fourth-order valence-corrected chi connectivity index (χ4v) is 4.42. The molecule has 0 bridgehead atoms. The van der Waals surface area contributed by atoms with Crippen LogP contribution in [0.5, 0.6) is 5.75 Å². The lowest BCUT2D eigenvalue weighted by molar-refractivity contribution is 0.194. The fraction of sp³-hybridized carbons (Fsp3) is 0.364. The van der Waals surface area contributed by atoms with E-state index in [1.807, 2.05) is 24.0 Å². The number of aromatic nitrogens is 1. The normalized spacial score (nSPS) is 14.1. The molecule has 1 fully saturated rings. The molecule has 0 saturated carbocycles. The van der Waals surface area contributed by atoms with Crippen LogP contribution in [0.25, 0.3) is 11.3 Å². The van der Waals surface area contributed by atoms with Gasteiger partial charge in [-0.1, -0.05) is 0 Å². The van der Waals surface area contributed by atoms with E-state index < -0.39 is 0 Å². The van der Waals surface area contributed by atoms with Gasteiger partial charge in [0, 0.05) is 54.6 Å². The number of thiophene rings is 1. The molecule has 158 valence electrons. The summed E-state index contributed by atoms with van der Waals surface area (Å²) in [6.07, 6.45) is 1.71. The van der Waals surface area contributed by atoms with Crippen LogP contribution in [0, 0.1) is 13.8 Å². The molecule has 3 heterocycles. The minimum absolute atomic E-state index is 0.00526. The summed E-state index contributed by atoms with van der Waals surface area (Å²) >= 11 is 1.71. The highest BCUT2D eigenvalue weighted by Crippen LogP contribution is 2.34. The maximum Gasteiger partial charge on any atom is 0.317 e. The zero-order valence-corrected chi connectivity index (χ0v) is 18.3. The van der Waals surface area contributed by atoms with Crippen molar-refractivity contribution in [2.75, 3.05) is 38.2 Å². The van der Waals surface area contributed by atoms with Gasteiger partial charge in [-0.25, -0.2) is 9.78 Å². The second kappa shape index (κ2) is 8.79. The number of aryl methyl sites for hydroxylation is 2. The van der Waals surface area contributed by atoms with E-state index in [2.05, 4.69) is 40.3 Å². The van der Waals surface area contributed by atoms with Gasteiger partial charge in [-0.2, -0.15) is 0 Å². The quantitative estimate of drug-likeness (QED) is 0.666. The number of amides is 2. The van der Waals surface area contributed by atoms with Gasteiger partial charge in [0.1, 0.15) is 5.75 Å². The smallest absolute Gasteiger partial charge is 0.317 e. The van der Waals surface area contributed by atoms with Gasteiger partial charge in [0.05, 0.1) is 25.4 Å². The zero-order valence-electron chi connectivity index (χ0n) is 17.5. The molecule has 3 aromatic rings. The molecule has 1 aromatic carbocycles. The van der Waals surface area contributed by atoms with Crippen molar-refractivity contribution in [3.63, 3.8) is 0 Å². The molecule has 2 aromatic heterocycles. The van der Waals surface area contributed by atoms with Crippen molar-refractivity contribution in [2.24, 2.45) is 0 Å². The first-order valence-electron chi connectivity index (χ1n) is 9.97. The summed E-state index contributed by atoms with van der Waals surface area (Å²) in [5, 5.41) is 3.03. The Kier molecular flexibility index (Phi) is 5.94. The Labute approximate surface area is 180 Å². The van der Waals surface area contributed by atoms with Crippen molar-refractivity contribution in [1.82, 2.24) is 15.2 Å². The number of carbonyl (C=O) groups excluding carboxylic acids is 1. The van der Waals surface area contributed by atoms with Gasteiger partial charge in [0.15, 0.2) is 11.7 Å². The molecular formula is C22H26N4O3S. The van der Waals surface area contributed by atoms with Crippen LogP contribution in [0.4, 0.5) is 10.5 Å². The summed E-state index contributed by atoms with van der Waals surface area (Å²) < 4.78 is 11.2. The number of ether oxygens (including phenoxy) is 1. The summed E-state index contributed by atoms with van der Waals surface area (Å²) in [4.78, 5) is 23.2. The number of hydrogen-bond donors (Lipinski definition) is 1. The van der Waals surface area contributed by atoms with Gasteiger partial charge in [-0.3, -0.25) is 0 Å². The summed E-state index contributed by atoms with van der Waals surface area (Å²) in [7, 11) is 1.66. The van der Waals surface area contributed by atoms with Gasteiger partial charge < -0.3 is 24.3 Å². The molecule has 0 aliphatic carbocycles. The van der Waals surface area contributed by atoms with Crippen LogP contribution < -0.4 is 15.0 Å². The molecule has 2 amide bonds. The van der Waals surface area contributed by atoms with E-state index >= 15 is 0 Å². The topological polar surface area (TPSA) is 70.8 Å². The number of nitrogens with zero attached hydrogens (tertiary/aromatic N) is 3. The summed E-state index contributed by atoms with van der Waals surface area (Å²) in [6.45, 7) is 7.38. The highest BCUT2D eigenvalue weighted by atomic mass is 32.1. The van der Waals surface area contributed by atoms with Crippen molar-refractivity contribution < 1.29 is 13.9 Å². The second-order valence-corrected chi connectivity index (χ2v) is 8.65. The summed E-state index contributed by atoms with van der Waals surface area (Å²) in [5.41, 5.74) is 1.95. The minimum Gasteiger partial charge on any atom is -0.496 e. The standard InChI is InChI=1S/C22H26N4O3S/c1-15-4-6-18(30-15)13-24-22(27)26-10-8-25(9-11-26)17-5-7-19(20(12-17)28-3)21-14-23-16(2)29-21/h4-7,12,14H,8-11,13H2,1-3H3,(H,24,27). The molecule has 7 nitrogen and oxygen atoms in total. The molecule has 1 N–H and O–H groups in total. The molecule has 30 heavy (non-hydrogen) atoms. The number of methoxy groups -OCH3 is 1. The van der Waals surface area contributed by atoms with E-state index in [0.29, 0.717) is 31.3 Å². The molecule has 0 spiro atoms. The predicted molar refractivity (Wildman–Crippen MR) is 118 cm³/mol. The van der Waals surface area contributed by atoms with Crippen LogP contribution in [0.1, 0.15) is 15.6 Å². The Morgan fingerprint density at radius 2 is 2.00 bits per heavy atom. The van der Waals surface area contributed by atoms with Crippen LogP contribution in [0.3, 0.4) is 0 Å². The van der Waals surface area contributed by atoms with E-state index in [1.165, 1.54) is 9.75 Å². The first-order chi connectivity index (χ1) is 14.5. The lowest BCUT2D eigenvalue weighted by Gasteiger charge is -2.36. The van der Waals surface area contributed by atoms with E-state index in [4.69, 9.17) is 9.15 Å². The van der Waals surface area contributed by atoms with Gasteiger partial charge in [0.2, 0.25) is 0 Å². The Bertz CT molecular complexity index is 1020. The zero-order chi connectivity index (χ0) is 21.1. The van der Waals surface area contributed by atoms with Crippen molar-refractivity contribution in [3.8, 4) is 17.1 Å². The fourth-order valence-electron chi connectivity index (χ4n) is 3.59. The molecule has 0 unspecified atom stereocenters. The Morgan fingerprint density at radius 1 is 1.20 bits per heavy atom. The molecule has 0 radical (unpaired) electrons. The first-order valence-corrected chi connectivity index (χ1v) is 10.8. The summed E-state index contributed by atoms with van der Waals surface area (Å²) in [5.74, 6) is 2.06. The number of urea groups is 1. The number of oxazole rings is 1. The monoisotopic (exact) mass is 426 g/mol. The number of nitrogens with one attached hydrogen (secondary N) is 1. The number of rotatable bonds is 5. The lowest BCUT2D eigenvalue weighted by atomic mass is 10.1. The van der Waals surface area contributed by atoms with Crippen molar-refractivity contribution in [1.29, 1.82) is 0 Å². The van der Waals surface area contributed by atoms with Crippen molar-refractivity contribution in [2.45, 2.75) is 20.4 Å². The van der Waals surface area contributed by atoms with Crippen LogP contribution in [0.2, 0.25) is 0 Å². The molecule has 1 saturated heterocycles. The molecule has 1 aliphatic rings. The second-order valence-electron chi connectivity index (χ2n) is 7.27. The third-order valence-corrected chi connectivity index (χ3v) is 6.21. The number of piperazine rings is 1. The molecule has 4 rings (SSSR count). The molecular weight excluding hydrogens is 400 g/mol. The molecule has 8 heteroatoms. The van der Waals surface area contributed by atoms with E-state index in [1.54, 1.807) is 24.6 Å². The number of hydrogen-bond acceptors (Lipinski definition) is 6. The third kappa shape index (κ3) is 4.43. The van der Waals surface area contributed by atoms with E-state index in [0.717, 1.165) is 30.1 Å². The SMILES string of the molecule is COc1cc(N2CCN(C(=O)NCc3ccc(C)s3)CC2)ccc1-c1cnc(C)o1. The predicted octanol–water partition coefficient (Wildman–Crippen LogP) is 4.06. The van der Waals surface area contributed by atoms with Gasteiger partial charge in [-0.15, -0.1) is 11.3 Å².